The largest absolute Gasteiger partial charge is 0.348 e. The van der Waals surface area contributed by atoms with Gasteiger partial charge in [0, 0.05) is 17.3 Å². The molecule has 0 unspecified atom stereocenters. The maximum Gasteiger partial charge on any atom is 0.261 e. The lowest BCUT2D eigenvalue weighted by Gasteiger charge is -2.12. The molecule has 1 atom stereocenters. The molecule has 1 heterocycles. The lowest BCUT2D eigenvalue weighted by molar-refractivity contribution is 0.0941. The van der Waals surface area contributed by atoms with E-state index in [0.717, 1.165) is 0 Å². The molecule has 28 heavy (non-hydrogen) atoms. The predicted molar refractivity (Wildman–Crippen MR) is 103 cm³/mol. The van der Waals surface area contributed by atoms with Gasteiger partial charge in [-0.15, -0.1) is 0 Å². The fraction of sp³-hybridized carbons (Fsp3) is 0.222. The van der Waals surface area contributed by atoms with Gasteiger partial charge in [-0.3, -0.25) is 9.52 Å². The van der Waals surface area contributed by atoms with E-state index in [0.29, 0.717) is 6.42 Å². The average molecular weight is 419 g/mol. The van der Waals surface area contributed by atoms with Crippen molar-refractivity contribution >= 4 is 31.5 Å². The van der Waals surface area contributed by atoms with E-state index < -0.39 is 31.8 Å². The Hall–Kier alpha value is -2.90. The smallest absolute Gasteiger partial charge is 0.261 e. The molecule has 8 nitrogen and oxygen atoms in total. The molecule has 10 heteroatoms. The molecule has 1 amide bonds. The van der Waals surface area contributed by atoms with Gasteiger partial charge in [-0.25, -0.2) is 16.8 Å². The van der Waals surface area contributed by atoms with Gasteiger partial charge in [0.05, 0.1) is 28.0 Å². The average Bonchev–Trinajstić information content (AvgIpc) is 3.00. The van der Waals surface area contributed by atoms with E-state index in [4.69, 9.17) is 5.26 Å². The summed E-state index contributed by atoms with van der Waals surface area (Å²) in [4.78, 5) is 12.3. The number of nitrogens with one attached hydrogen (secondary N) is 2. The van der Waals surface area contributed by atoms with Crippen LogP contribution in [0.4, 0.5) is 5.69 Å². The Bertz CT molecular complexity index is 1170. The van der Waals surface area contributed by atoms with Crippen LogP contribution in [-0.4, -0.2) is 40.3 Å². The zero-order valence-corrected chi connectivity index (χ0v) is 16.3. The minimum absolute atomic E-state index is 0.0412. The summed E-state index contributed by atoms with van der Waals surface area (Å²) in [6, 6.07) is 12.9. The molecule has 0 saturated carbocycles. The third-order valence-electron chi connectivity index (χ3n) is 4.22. The second kappa shape index (κ2) is 7.61. The Morgan fingerprint density at radius 2 is 1.89 bits per heavy atom. The summed E-state index contributed by atoms with van der Waals surface area (Å²) < 4.78 is 50.4. The first-order valence-electron chi connectivity index (χ1n) is 8.33. The maximum atomic E-state index is 12.5. The minimum atomic E-state index is -3.94. The van der Waals surface area contributed by atoms with E-state index in [-0.39, 0.29) is 33.2 Å². The van der Waals surface area contributed by atoms with Crippen molar-refractivity contribution in [1.82, 2.24) is 5.32 Å². The SMILES string of the molecule is N#Cc1cccc(S(=O)(=O)Nc2cccc(C(=O)N[C@H]3CCS(=O)(=O)C3)c2)c1. The van der Waals surface area contributed by atoms with Crippen LogP contribution in [0.2, 0.25) is 0 Å². The summed E-state index contributed by atoms with van der Waals surface area (Å²) in [5.41, 5.74) is 0.590. The zero-order valence-electron chi connectivity index (χ0n) is 14.6. The Kier molecular flexibility index (Phi) is 5.40. The second-order valence-electron chi connectivity index (χ2n) is 6.40. The van der Waals surface area contributed by atoms with Crippen LogP contribution in [0.15, 0.2) is 53.4 Å². The number of carbonyl (C=O) groups excluding carboxylic acids is 1. The van der Waals surface area contributed by atoms with E-state index in [2.05, 4.69) is 10.0 Å². The van der Waals surface area contributed by atoms with Gasteiger partial charge in [-0.05, 0) is 42.8 Å². The number of amides is 1. The highest BCUT2D eigenvalue weighted by Crippen LogP contribution is 2.19. The molecular formula is C18H17N3O5S2. The molecule has 0 spiro atoms. The molecule has 0 bridgehead atoms. The van der Waals surface area contributed by atoms with Gasteiger partial charge in [-0.2, -0.15) is 5.26 Å². The number of nitrogens with zero attached hydrogens (tertiary/aromatic N) is 1. The molecule has 2 N–H and O–H groups in total. The molecule has 3 rings (SSSR count). The molecule has 0 aliphatic carbocycles. The summed E-state index contributed by atoms with van der Waals surface area (Å²) in [6.07, 6.45) is 0.357. The molecule has 1 fully saturated rings. The first-order valence-corrected chi connectivity index (χ1v) is 11.6. The monoisotopic (exact) mass is 419 g/mol. The molecular weight excluding hydrogens is 402 g/mol. The number of hydrogen-bond donors (Lipinski definition) is 2. The maximum absolute atomic E-state index is 12.5. The Labute approximate surface area is 163 Å². The topological polar surface area (TPSA) is 133 Å². The lowest BCUT2D eigenvalue weighted by Crippen LogP contribution is -2.35. The first kappa shape index (κ1) is 19.9. The third-order valence-corrected chi connectivity index (χ3v) is 7.36. The van der Waals surface area contributed by atoms with E-state index in [1.54, 1.807) is 0 Å². The quantitative estimate of drug-likeness (QED) is 0.750. The summed E-state index contributed by atoms with van der Waals surface area (Å²) >= 11 is 0. The number of benzene rings is 2. The summed E-state index contributed by atoms with van der Waals surface area (Å²) in [5.74, 6) is -0.533. The second-order valence-corrected chi connectivity index (χ2v) is 10.3. The van der Waals surface area contributed by atoms with Gasteiger partial charge < -0.3 is 5.32 Å². The summed E-state index contributed by atoms with van der Waals surface area (Å²) in [6.45, 7) is 0. The molecule has 1 aliphatic heterocycles. The standard InChI is InChI=1S/C18H17N3O5S2/c19-11-13-3-1-6-17(9-13)28(25,26)21-15-5-2-4-14(10-15)18(22)20-16-7-8-27(23,24)12-16/h1-6,9-10,16,21H,7-8,12H2,(H,20,22)/t16-/m0/s1. The van der Waals surface area contributed by atoms with Crippen LogP contribution >= 0.6 is 0 Å². The first-order chi connectivity index (χ1) is 13.2. The molecule has 146 valence electrons. The van der Waals surface area contributed by atoms with Crippen LogP contribution in [0.3, 0.4) is 0 Å². The van der Waals surface area contributed by atoms with Crippen molar-refractivity contribution in [2.45, 2.75) is 17.4 Å². The zero-order chi connectivity index (χ0) is 20.4. The molecule has 2 aromatic carbocycles. The molecule has 1 aliphatic rings. The predicted octanol–water partition coefficient (Wildman–Crippen LogP) is 1.28. The van der Waals surface area contributed by atoms with Crippen LogP contribution in [0.25, 0.3) is 0 Å². The lowest BCUT2D eigenvalue weighted by atomic mass is 10.1. The Morgan fingerprint density at radius 1 is 1.14 bits per heavy atom. The number of anilines is 1. The number of nitriles is 1. The van der Waals surface area contributed by atoms with Crippen molar-refractivity contribution < 1.29 is 21.6 Å². The Morgan fingerprint density at radius 3 is 2.57 bits per heavy atom. The third kappa shape index (κ3) is 4.68. The number of hydrogen-bond acceptors (Lipinski definition) is 6. The van der Waals surface area contributed by atoms with Crippen LogP contribution in [-0.2, 0) is 19.9 Å². The van der Waals surface area contributed by atoms with Gasteiger partial charge in [0.2, 0.25) is 0 Å². The minimum Gasteiger partial charge on any atom is -0.348 e. The van der Waals surface area contributed by atoms with E-state index >= 15 is 0 Å². The van der Waals surface area contributed by atoms with Gasteiger partial charge in [0.25, 0.3) is 15.9 Å². The van der Waals surface area contributed by atoms with Crippen LogP contribution in [0.1, 0.15) is 22.3 Å². The Balaban J connectivity index is 1.76. The van der Waals surface area contributed by atoms with Crippen molar-refractivity contribution in [2.75, 3.05) is 16.2 Å². The highest BCUT2D eigenvalue weighted by molar-refractivity contribution is 7.92. The van der Waals surface area contributed by atoms with Gasteiger partial charge in [0.15, 0.2) is 9.84 Å². The van der Waals surface area contributed by atoms with Gasteiger partial charge in [-0.1, -0.05) is 12.1 Å². The number of sulfone groups is 1. The fourth-order valence-electron chi connectivity index (χ4n) is 2.85. The van der Waals surface area contributed by atoms with Crippen LogP contribution < -0.4 is 10.0 Å². The van der Waals surface area contributed by atoms with E-state index in [1.165, 1.54) is 48.5 Å². The molecule has 1 saturated heterocycles. The van der Waals surface area contributed by atoms with Crippen molar-refractivity contribution in [3.05, 3.63) is 59.7 Å². The highest BCUT2D eigenvalue weighted by Gasteiger charge is 2.29. The van der Waals surface area contributed by atoms with Crippen molar-refractivity contribution in [1.29, 1.82) is 5.26 Å². The van der Waals surface area contributed by atoms with Crippen molar-refractivity contribution in [3.63, 3.8) is 0 Å². The van der Waals surface area contributed by atoms with Crippen molar-refractivity contribution in [3.8, 4) is 6.07 Å². The number of rotatable bonds is 5. The van der Waals surface area contributed by atoms with Crippen molar-refractivity contribution in [2.24, 2.45) is 0 Å². The van der Waals surface area contributed by atoms with Gasteiger partial charge in [0.1, 0.15) is 0 Å². The summed E-state index contributed by atoms with van der Waals surface area (Å²) in [7, 11) is -7.06. The fourth-order valence-corrected chi connectivity index (χ4v) is 5.62. The van der Waals surface area contributed by atoms with E-state index in [1.807, 2.05) is 6.07 Å². The molecule has 0 aromatic heterocycles. The number of carbonyl (C=O) groups is 1. The highest BCUT2D eigenvalue weighted by atomic mass is 32.2. The normalized spacial score (nSPS) is 18.2. The molecule has 0 radical (unpaired) electrons. The van der Waals surface area contributed by atoms with E-state index in [9.17, 15) is 21.6 Å². The number of sulfonamides is 1. The van der Waals surface area contributed by atoms with Gasteiger partial charge >= 0.3 is 0 Å². The summed E-state index contributed by atoms with van der Waals surface area (Å²) in [5, 5.41) is 11.6. The molecule has 2 aromatic rings. The van der Waals surface area contributed by atoms with Crippen LogP contribution in [0.5, 0.6) is 0 Å². The van der Waals surface area contributed by atoms with Crippen LogP contribution in [0, 0.1) is 11.3 Å².